The summed E-state index contributed by atoms with van der Waals surface area (Å²) in [4.78, 5) is 32.3. The third-order valence-corrected chi connectivity index (χ3v) is 3.92. The monoisotopic (exact) mass is 382 g/mol. The first-order valence-electron chi connectivity index (χ1n) is 9.14. The van der Waals surface area contributed by atoms with Crippen molar-refractivity contribution in [3.05, 3.63) is 60.1 Å². The fraction of sp³-hybridized carbons (Fsp3) is 0.333. The molecule has 0 aliphatic rings. The van der Waals surface area contributed by atoms with Gasteiger partial charge >= 0.3 is 5.97 Å². The molecule has 0 aliphatic carbocycles. The maximum absolute atomic E-state index is 12.6. The van der Waals surface area contributed by atoms with E-state index >= 15 is 0 Å². The first-order valence-corrected chi connectivity index (χ1v) is 9.14. The van der Waals surface area contributed by atoms with Crippen LogP contribution < -0.4 is 10.6 Å². The fourth-order valence-corrected chi connectivity index (χ4v) is 2.51. The van der Waals surface area contributed by atoms with Gasteiger partial charge in [0.15, 0.2) is 0 Å². The predicted molar refractivity (Wildman–Crippen MR) is 108 cm³/mol. The third kappa shape index (κ3) is 7.19. The number of carbonyl (C=O) groups is 2. The molecule has 1 aromatic heterocycles. The van der Waals surface area contributed by atoms with E-state index in [1.807, 2.05) is 30.3 Å². The Labute approximate surface area is 165 Å². The molecular formula is C21H26N4O3. The highest BCUT2D eigenvalue weighted by molar-refractivity contribution is 5.86. The molecule has 1 aromatic carbocycles. The van der Waals surface area contributed by atoms with Gasteiger partial charge in [-0.3, -0.25) is 9.78 Å². The summed E-state index contributed by atoms with van der Waals surface area (Å²) in [6, 6.07) is 9.34. The van der Waals surface area contributed by atoms with Crippen molar-refractivity contribution in [2.75, 3.05) is 12.4 Å². The lowest BCUT2D eigenvalue weighted by Gasteiger charge is -2.20. The number of anilines is 1. The van der Waals surface area contributed by atoms with E-state index < -0.39 is 12.0 Å². The van der Waals surface area contributed by atoms with Gasteiger partial charge in [-0.05, 0) is 24.0 Å². The SMILES string of the molecule is COC(=O)C=Cc1cnc(N[C@H](CC(C)C)C(=O)NCc2ccccc2)cn1. The van der Waals surface area contributed by atoms with Gasteiger partial charge < -0.3 is 15.4 Å². The summed E-state index contributed by atoms with van der Waals surface area (Å²) in [6.45, 7) is 4.59. The maximum Gasteiger partial charge on any atom is 0.330 e. The van der Waals surface area contributed by atoms with Crippen molar-refractivity contribution in [1.82, 2.24) is 15.3 Å². The molecule has 0 unspecified atom stereocenters. The van der Waals surface area contributed by atoms with Crippen LogP contribution in [0.25, 0.3) is 6.08 Å². The number of hydrogen-bond acceptors (Lipinski definition) is 6. The van der Waals surface area contributed by atoms with E-state index in [4.69, 9.17) is 0 Å². The second kappa shape index (κ2) is 10.8. The lowest BCUT2D eigenvalue weighted by Crippen LogP contribution is -2.40. The fourth-order valence-electron chi connectivity index (χ4n) is 2.51. The van der Waals surface area contributed by atoms with E-state index in [1.54, 1.807) is 0 Å². The van der Waals surface area contributed by atoms with Crippen molar-refractivity contribution in [3.63, 3.8) is 0 Å². The molecule has 1 heterocycles. The van der Waals surface area contributed by atoms with Crippen LogP contribution in [-0.4, -0.2) is 35.0 Å². The summed E-state index contributed by atoms with van der Waals surface area (Å²) >= 11 is 0. The number of carbonyl (C=O) groups excluding carboxylic acids is 2. The van der Waals surface area contributed by atoms with Gasteiger partial charge in [0.1, 0.15) is 11.9 Å². The predicted octanol–water partition coefficient (Wildman–Crippen LogP) is 2.81. The summed E-state index contributed by atoms with van der Waals surface area (Å²) < 4.78 is 4.54. The van der Waals surface area contributed by atoms with E-state index in [0.29, 0.717) is 30.4 Å². The highest BCUT2D eigenvalue weighted by Crippen LogP contribution is 2.12. The van der Waals surface area contributed by atoms with Crippen LogP contribution in [0.5, 0.6) is 0 Å². The van der Waals surface area contributed by atoms with Crippen molar-refractivity contribution in [2.24, 2.45) is 5.92 Å². The molecule has 2 rings (SSSR count). The minimum atomic E-state index is -0.462. The second-order valence-corrected chi connectivity index (χ2v) is 6.71. The van der Waals surface area contributed by atoms with Gasteiger partial charge in [-0.2, -0.15) is 0 Å². The number of rotatable bonds is 9. The van der Waals surface area contributed by atoms with E-state index in [2.05, 4.69) is 39.2 Å². The number of ether oxygens (including phenoxy) is 1. The lowest BCUT2D eigenvalue weighted by atomic mass is 10.0. The van der Waals surface area contributed by atoms with Crippen molar-refractivity contribution >= 4 is 23.8 Å². The summed E-state index contributed by atoms with van der Waals surface area (Å²) in [5.74, 6) is 0.274. The van der Waals surface area contributed by atoms with Crippen LogP contribution in [0.3, 0.4) is 0 Å². The van der Waals surface area contributed by atoms with Gasteiger partial charge in [0, 0.05) is 12.6 Å². The second-order valence-electron chi connectivity index (χ2n) is 6.71. The Morgan fingerprint density at radius 3 is 2.50 bits per heavy atom. The Balaban J connectivity index is 1.99. The van der Waals surface area contributed by atoms with Crippen LogP contribution in [0.1, 0.15) is 31.5 Å². The van der Waals surface area contributed by atoms with Crippen molar-refractivity contribution in [2.45, 2.75) is 32.9 Å². The minimum absolute atomic E-state index is 0.0889. The van der Waals surface area contributed by atoms with Gasteiger partial charge in [-0.1, -0.05) is 44.2 Å². The number of aromatic nitrogens is 2. The summed E-state index contributed by atoms with van der Waals surface area (Å²) in [7, 11) is 1.31. The number of nitrogens with one attached hydrogen (secondary N) is 2. The molecule has 0 saturated carbocycles. The lowest BCUT2D eigenvalue weighted by molar-refractivity contribution is -0.134. The first-order chi connectivity index (χ1) is 13.5. The highest BCUT2D eigenvalue weighted by atomic mass is 16.5. The van der Waals surface area contributed by atoms with Crippen LogP contribution in [0.15, 0.2) is 48.8 Å². The minimum Gasteiger partial charge on any atom is -0.466 e. The molecule has 0 aliphatic heterocycles. The van der Waals surface area contributed by atoms with Crippen LogP contribution in [0, 0.1) is 5.92 Å². The molecule has 28 heavy (non-hydrogen) atoms. The molecule has 0 spiro atoms. The van der Waals surface area contributed by atoms with E-state index in [1.165, 1.54) is 31.7 Å². The van der Waals surface area contributed by atoms with E-state index in [0.717, 1.165) is 5.56 Å². The van der Waals surface area contributed by atoms with Crippen molar-refractivity contribution in [1.29, 1.82) is 0 Å². The Kier molecular flexibility index (Phi) is 8.14. The molecule has 7 heteroatoms. The standard InChI is InChI=1S/C21H26N4O3/c1-15(2)11-18(21(27)24-12-16-7-5-4-6-8-16)25-19-14-22-17(13-23-19)9-10-20(26)28-3/h4-10,13-15,18H,11-12H2,1-3H3,(H,23,25)(H,24,27)/t18-/m1/s1. The summed E-state index contributed by atoms with van der Waals surface area (Å²) in [5.41, 5.74) is 1.56. The number of hydrogen-bond donors (Lipinski definition) is 2. The van der Waals surface area contributed by atoms with Gasteiger partial charge in [-0.25, -0.2) is 9.78 Å². The molecule has 0 bridgehead atoms. The average Bonchev–Trinajstić information content (AvgIpc) is 2.71. The molecule has 1 atom stereocenters. The quantitative estimate of drug-likeness (QED) is 0.512. The Bertz CT molecular complexity index is 789. The molecule has 1 amide bonds. The van der Waals surface area contributed by atoms with Gasteiger partial charge in [0.25, 0.3) is 0 Å². The van der Waals surface area contributed by atoms with Gasteiger partial charge in [0.2, 0.25) is 5.91 Å². The first kappa shape index (κ1) is 21.1. The van der Waals surface area contributed by atoms with Crippen molar-refractivity contribution < 1.29 is 14.3 Å². The largest absolute Gasteiger partial charge is 0.466 e. The maximum atomic E-state index is 12.6. The number of amides is 1. The van der Waals surface area contributed by atoms with Gasteiger partial charge in [-0.15, -0.1) is 0 Å². The number of nitrogens with zero attached hydrogens (tertiary/aromatic N) is 2. The van der Waals surface area contributed by atoms with Crippen molar-refractivity contribution in [3.8, 4) is 0 Å². The third-order valence-electron chi connectivity index (χ3n) is 3.92. The molecule has 2 aromatic rings. The van der Waals surface area contributed by atoms with Gasteiger partial charge in [0.05, 0.1) is 25.2 Å². The molecule has 0 saturated heterocycles. The number of benzene rings is 1. The number of methoxy groups -OCH3 is 1. The summed E-state index contributed by atoms with van der Waals surface area (Å²) in [5, 5.41) is 6.11. The van der Waals surface area contributed by atoms with Crippen LogP contribution in [0.2, 0.25) is 0 Å². The summed E-state index contributed by atoms with van der Waals surface area (Å²) in [6.07, 6.45) is 6.51. The Hall–Kier alpha value is -3.22. The average molecular weight is 382 g/mol. The van der Waals surface area contributed by atoms with Crippen LogP contribution >= 0.6 is 0 Å². The zero-order valence-corrected chi connectivity index (χ0v) is 16.4. The number of esters is 1. The van der Waals surface area contributed by atoms with Crippen LogP contribution in [0.4, 0.5) is 5.82 Å². The highest BCUT2D eigenvalue weighted by Gasteiger charge is 2.20. The molecule has 0 radical (unpaired) electrons. The Morgan fingerprint density at radius 2 is 1.89 bits per heavy atom. The molecule has 7 nitrogen and oxygen atoms in total. The zero-order valence-electron chi connectivity index (χ0n) is 16.4. The topological polar surface area (TPSA) is 93.2 Å². The normalized spacial score (nSPS) is 12.0. The van der Waals surface area contributed by atoms with E-state index in [-0.39, 0.29) is 5.91 Å². The Morgan fingerprint density at radius 1 is 1.14 bits per heavy atom. The molecule has 0 fully saturated rings. The molecular weight excluding hydrogens is 356 g/mol. The smallest absolute Gasteiger partial charge is 0.330 e. The van der Waals surface area contributed by atoms with E-state index in [9.17, 15) is 9.59 Å². The molecule has 2 N–H and O–H groups in total. The zero-order chi connectivity index (χ0) is 20.4. The molecule has 148 valence electrons. The van der Waals surface area contributed by atoms with Crippen LogP contribution in [-0.2, 0) is 20.9 Å².